The second-order valence-electron chi connectivity index (χ2n) is 5.29. The van der Waals surface area contributed by atoms with Gasteiger partial charge >= 0.3 is 0 Å². The number of hydrogen-bond acceptors (Lipinski definition) is 2. The van der Waals surface area contributed by atoms with Crippen molar-refractivity contribution in [1.82, 2.24) is 0 Å². The lowest BCUT2D eigenvalue weighted by Crippen LogP contribution is -2.10. The van der Waals surface area contributed by atoms with Gasteiger partial charge in [0, 0.05) is 15.6 Å². The third kappa shape index (κ3) is 3.04. The summed E-state index contributed by atoms with van der Waals surface area (Å²) in [5.41, 5.74) is 1.12. The molecule has 2 nitrogen and oxygen atoms in total. The molecule has 0 amide bonds. The van der Waals surface area contributed by atoms with Crippen molar-refractivity contribution in [2.75, 3.05) is 0 Å². The molecule has 114 valence electrons. The highest BCUT2D eigenvalue weighted by atomic mass is 35.5. The monoisotopic (exact) mass is 341 g/mol. The summed E-state index contributed by atoms with van der Waals surface area (Å²) in [4.78, 5) is 0. The molecule has 0 aliphatic heterocycles. The summed E-state index contributed by atoms with van der Waals surface area (Å²) in [6, 6.07) is 20.8. The molecule has 0 unspecified atom stereocenters. The molecule has 0 radical (unpaired) electrons. The van der Waals surface area contributed by atoms with Crippen molar-refractivity contribution in [2.24, 2.45) is 0 Å². The Morgan fingerprint density at radius 3 is 2.17 bits per heavy atom. The summed E-state index contributed by atoms with van der Waals surface area (Å²) < 4.78 is 0. The van der Waals surface area contributed by atoms with E-state index in [0.29, 0.717) is 15.6 Å². The first-order chi connectivity index (χ1) is 11.1. The van der Waals surface area contributed by atoms with Gasteiger partial charge < -0.3 is 5.11 Å². The first-order valence-corrected chi connectivity index (χ1v) is 7.87. The minimum Gasteiger partial charge on any atom is -0.387 e. The summed E-state index contributed by atoms with van der Waals surface area (Å²) in [5.74, 6) is -0.753. The van der Waals surface area contributed by atoms with E-state index in [2.05, 4.69) is 6.07 Å². The zero-order valence-electron chi connectivity index (χ0n) is 12.1. The van der Waals surface area contributed by atoms with Gasteiger partial charge in [-0.15, -0.1) is 0 Å². The Morgan fingerprint density at radius 1 is 0.870 bits per heavy atom. The lowest BCUT2D eigenvalue weighted by Gasteiger charge is -2.20. The first-order valence-electron chi connectivity index (χ1n) is 7.12. The summed E-state index contributed by atoms with van der Waals surface area (Å²) in [5, 5.41) is 23.0. The number of nitriles is 1. The maximum atomic E-state index is 10.7. The van der Waals surface area contributed by atoms with Crippen LogP contribution in [0.1, 0.15) is 23.1 Å². The Kier molecular flexibility index (Phi) is 4.54. The maximum Gasteiger partial charge on any atom is 0.102 e. The fourth-order valence-corrected chi connectivity index (χ4v) is 3.31. The molecule has 0 aromatic heterocycles. The third-order valence-corrected chi connectivity index (χ3v) is 4.54. The predicted octanol–water partition coefficient (Wildman–Crippen LogP) is 5.49. The molecule has 4 heteroatoms. The van der Waals surface area contributed by atoms with Crippen LogP contribution < -0.4 is 0 Å². The molecule has 0 bridgehead atoms. The van der Waals surface area contributed by atoms with Crippen molar-refractivity contribution in [2.45, 2.75) is 12.0 Å². The lowest BCUT2D eigenvalue weighted by atomic mass is 9.89. The standard InChI is InChI=1S/C19H13Cl2NO/c20-16-6-3-7-17(21)18(16)19(23)15(11-22)14-9-8-12-4-1-2-5-13(12)10-14/h1-10,15,19,23H/t15-,19+/m1/s1. The van der Waals surface area contributed by atoms with Crippen molar-refractivity contribution < 1.29 is 5.11 Å². The van der Waals surface area contributed by atoms with Crippen molar-refractivity contribution in [1.29, 1.82) is 5.26 Å². The molecular formula is C19H13Cl2NO. The minimum absolute atomic E-state index is 0.353. The fourth-order valence-electron chi connectivity index (χ4n) is 2.69. The highest BCUT2D eigenvalue weighted by Crippen LogP contribution is 2.38. The number of aliphatic hydroxyl groups excluding tert-OH is 1. The van der Waals surface area contributed by atoms with Gasteiger partial charge in [0.05, 0.1) is 6.07 Å². The van der Waals surface area contributed by atoms with Crippen LogP contribution in [-0.4, -0.2) is 5.11 Å². The van der Waals surface area contributed by atoms with E-state index in [1.165, 1.54) is 0 Å². The third-order valence-electron chi connectivity index (χ3n) is 3.88. The van der Waals surface area contributed by atoms with Crippen LogP contribution in [0.2, 0.25) is 10.0 Å². The number of aliphatic hydroxyl groups is 1. The smallest absolute Gasteiger partial charge is 0.102 e. The van der Waals surface area contributed by atoms with E-state index in [0.717, 1.165) is 16.3 Å². The topological polar surface area (TPSA) is 44.0 Å². The molecule has 0 heterocycles. The van der Waals surface area contributed by atoms with E-state index in [9.17, 15) is 10.4 Å². The van der Waals surface area contributed by atoms with Gasteiger partial charge in [0.2, 0.25) is 0 Å². The van der Waals surface area contributed by atoms with Crippen LogP contribution in [0.5, 0.6) is 0 Å². The first kappa shape index (κ1) is 15.8. The lowest BCUT2D eigenvalue weighted by molar-refractivity contribution is 0.164. The SMILES string of the molecule is N#C[C@H](c1ccc2ccccc2c1)[C@H](O)c1c(Cl)cccc1Cl. The molecule has 0 aliphatic rings. The fraction of sp³-hybridized carbons (Fsp3) is 0.105. The van der Waals surface area contributed by atoms with Crippen molar-refractivity contribution in [3.63, 3.8) is 0 Å². The molecule has 0 fully saturated rings. The van der Waals surface area contributed by atoms with Crippen molar-refractivity contribution in [3.05, 3.63) is 81.8 Å². The highest BCUT2D eigenvalue weighted by molar-refractivity contribution is 6.36. The minimum atomic E-state index is -1.10. The molecule has 3 aromatic rings. The second-order valence-corrected chi connectivity index (χ2v) is 6.11. The molecule has 3 aromatic carbocycles. The largest absolute Gasteiger partial charge is 0.387 e. The van der Waals surface area contributed by atoms with Crippen LogP contribution in [0.4, 0.5) is 0 Å². The zero-order chi connectivity index (χ0) is 16.4. The van der Waals surface area contributed by atoms with Crippen LogP contribution in [-0.2, 0) is 0 Å². The average molecular weight is 342 g/mol. The molecule has 0 saturated carbocycles. The average Bonchev–Trinajstić information content (AvgIpc) is 2.55. The summed E-state index contributed by atoms with van der Waals surface area (Å²) in [6.07, 6.45) is -1.10. The van der Waals surface area contributed by atoms with E-state index in [1.807, 2.05) is 42.5 Å². The van der Waals surface area contributed by atoms with Crippen LogP contribution in [0.15, 0.2) is 60.7 Å². The number of rotatable bonds is 3. The van der Waals surface area contributed by atoms with E-state index in [-0.39, 0.29) is 0 Å². The second kappa shape index (κ2) is 6.60. The summed E-state index contributed by atoms with van der Waals surface area (Å²) in [7, 11) is 0. The molecule has 3 rings (SSSR count). The van der Waals surface area contributed by atoms with E-state index in [4.69, 9.17) is 23.2 Å². The maximum absolute atomic E-state index is 10.7. The molecule has 2 atom stereocenters. The summed E-state index contributed by atoms with van der Waals surface area (Å²) >= 11 is 12.3. The van der Waals surface area contributed by atoms with Crippen LogP contribution in [0.3, 0.4) is 0 Å². The van der Waals surface area contributed by atoms with Crippen LogP contribution in [0.25, 0.3) is 10.8 Å². The Bertz CT molecular complexity index is 881. The molecule has 0 spiro atoms. The van der Waals surface area contributed by atoms with Gasteiger partial charge in [-0.2, -0.15) is 5.26 Å². The number of fused-ring (bicyclic) bond motifs is 1. The van der Waals surface area contributed by atoms with Gasteiger partial charge in [-0.3, -0.25) is 0 Å². The predicted molar refractivity (Wildman–Crippen MR) is 93.7 cm³/mol. The molecule has 0 aliphatic carbocycles. The molecule has 1 N–H and O–H groups in total. The Morgan fingerprint density at radius 2 is 1.52 bits per heavy atom. The Labute approximate surface area is 144 Å². The molecule has 23 heavy (non-hydrogen) atoms. The number of nitrogens with zero attached hydrogens (tertiary/aromatic N) is 1. The van der Waals surface area contributed by atoms with Gasteiger partial charge in [-0.05, 0) is 34.5 Å². The molecular weight excluding hydrogens is 329 g/mol. The van der Waals surface area contributed by atoms with E-state index in [1.54, 1.807) is 18.2 Å². The normalized spacial score (nSPS) is 13.5. The van der Waals surface area contributed by atoms with Gasteiger partial charge in [0.25, 0.3) is 0 Å². The Hall–Kier alpha value is -2.05. The van der Waals surface area contributed by atoms with Crippen molar-refractivity contribution >= 4 is 34.0 Å². The number of halogens is 2. The van der Waals surface area contributed by atoms with E-state index < -0.39 is 12.0 Å². The zero-order valence-corrected chi connectivity index (χ0v) is 13.6. The Balaban J connectivity index is 2.06. The van der Waals surface area contributed by atoms with Gasteiger partial charge in [-0.1, -0.05) is 65.7 Å². The van der Waals surface area contributed by atoms with Crippen molar-refractivity contribution in [3.8, 4) is 6.07 Å². The van der Waals surface area contributed by atoms with Gasteiger partial charge in [0.1, 0.15) is 12.0 Å². The molecule has 0 saturated heterocycles. The van der Waals surface area contributed by atoms with Gasteiger partial charge in [0.15, 0.2) is 0 Å². The van der Waals surface area contributed by atoms with Crippen LogP contribution in [0, 0.1) is 11.3 Å². The van der Waals surface area contributed by atoms with Gasteiger partial charge in [-0.25, -0.2) is 0 Å². The quantitative estimate of drug-likeness (QED) is 0.684. The van der Waals surface area contributed by atoms with E-state index >= 15 is 0 Å². The highest BCUT2D eigenvalue weighted by Gasteiger charge is 2.26. The van der Waals surface area contributed by atoms with Crippen LogP contribution >= 0.6 is 23.2 Å². The number of benzene rings is 3. The number of hydrogen-bond donors (Lipinski definition) is 1. The summed E-state index contributed by atoms with van der Waals surface area (Å²) in [6.45, 7) is 0.